The normalized spacial score (nSPS) is 20.7. The molecule has 0 radical (unpaired) electrons. The molecular formula is C28H35N3O5. The van der Waals surface area contributed by atoms with E-state index >= 15 is 0 Å². The number of hydrogen-bond donors (Lipinski definition) is 0. The molecule has 2 fully saturated rings. The van der Waals surface area contributed by atoms with Crippen molar-refractivity contribution in [2.24, 2.45) is 5.41 Å². The van der Waals surface area contributed by atoms with Crippen LogP contribution in [0.5, 0.6) is 5.75 Å². The molecule has 1 atom stereocenters. The number of aromatic nitrogens is 1. The lowest BCUT2D eigenvalue weighted by atomic mass is 9.62. The van der Waals surface area contributed by atoms with Crippen LogP contribution in [-0.4, -0.2) is 57.8 Å². The highest BCUT2D eigenvalue weighted by Gasteiger charge is 2.55. The number of ether oxygens (including phenoxy) is 3. The van der Waals surface area contributed by atoms with Crippen LogP contribution in [0.15, 0.2) is 42.6 Å². The average Bonchev–Trinajstić information content (AvgIpc) is 2.77. The number of pyridine rings is 1. The number of nitrogens with zero attached hydrogens (tertiary/aromatic N) is 3. The minimum Gasteiger partial charge on any atom is -0.490 e. The van der Waals surface area contributed by atoms with Crippen LogP contribution in [0.1, 0.15) is 57.4 Å². The summed E-state index contributed by atoms with van der Waals surface area (Å²) in [6.07, 6.45) is 3.78. The van der Waals surface area contributed by atoms with Crippen LogP contribution < -0.4 is 4.74 Å². The molecule has 1 aromatic heterocycles. The summed E-state index contributed by atoms with van der Waals surface area (Å²) >= 11 is 0. The molecule has 1 aliphatic carbocycles. The first-order valence-electron chi connectivity index (χ1n) is 12.7. The minimum atomic E-state index is -0.545. The zero-order valence-electron chi connectivity index (χ0n) is 21.5. The Balaban J connectivity index is 1.13. The zero-order valence-corrected chi connectivity index (χ0v) is 21.5. The highest BCUT2D eigenvalue weighted by atomic mass is 16.6. The molecule has 2 aromatic rings. The Morgan fingerprint density at radius 2 is 1.81 bits per heavy atom. The number of carbonyl (C=O) groups is 2. The van der Waals surface area contributed by atoms with Crippen LogP contribution >= 0.6 is 0 Å². The fourth-order valence-electron chi connectivity index (χ4n) is 5.38. The number of fused-ring (bicyclic) bond motifs is 1. The molecule has 3 heterocycles. The Morgan fingerprint density at radius 1 is 1.08 bits per heavy atom. The first-order valence-corrected chi connectivity index (χ1v) is 12.7. The van der Waals surface area contributed by atoms with E-state index in [0.29, 0.717) is 32.7 Å². The average molecular weight is 494 g/mol. The van der Waals surface area contributed by atoms with Crippen molar-refractivity contribution in [1.29, 1.82) is 0 Å². The molecule has 1 unspecified atom stereocenters. The predicted molar refractivity (Wildman–Crippen MR) is 133 cm³/mol. The second-order valence-corrected chi connectivity index (χ2v) is 11.4. The van der Waals surface area contributed by atoms with Gasteiger partial charge >= 0.3 is 12.2 Å². The Hall–Kier alpha value is -3.29. The predicted octanol–water partition coefficient (Wildman–Crippen LogP) is 4.94. The summed E-state index contributed by atoms with van der Waals surface area (Å²) in [5, 5.41) is 0. The van der Waals surface area contributed by atoms with E-state index in [9.17, 15) is 9.59 Å². The van der Waals surface area contributed by atoms with E-state index in [1.165, 1.54) is 0 Å². The highest BCUT2D eigenvalue weighted by Crippen LogP contribution is 2.50. The number of benzene rings is 1. The summed E-state index contributed by atoms with van der Waals surface area (Å²) in [6, 6.07) is 11.6. The van der Waals surface area contributed by atoms with Gasteiger partial charge in [-0.15, -0.1) is 0 Å². The molecule has 0 N–H and O–H groups in total. The van der Waals surface area contributed by atoms with E-state index in [-0.39, 0.29) is 29.7 Å². The molecule has 2 aliphatic heterocycles. The van der Waals surface area contributed by atoms with Gasteiger partial charge in [-0.3, -0.25) is 4.98 Å². The Morgan fingerprint density at radius 3 is 2.50 bits per heavy atom. The van der Waals surface area contributed by atoms with Crippen LogP contribution in [0.2, 0.25) is 0 Å². The lowest BCUT2D eigenvalue weighted by molar-refractivity contribution is -0.110. The van der Waals surface area contributed by atoms with E-state index in [1.54, 1.807) is 16.0 Å². The molecule has 1 saturated heterocycles. The smallest absolute Gasteiger partial charge is 0.410 e. The van der Waals surface area contributed by atoms with Gasteiger partial charge in [0.05, 0.1) is 12.2 Å². The number of amides is 2. The molecular weight excluding hydrogens is 458 g/mol. The Kier molecular flexibility index (Phi) is 6.30. The third-order valence-electron chi connectivity index (χ3n) is 7.21. The second kappa shape index (κ2) is 9.30. The zero-order chi connectivity index (χ0) is 25.5. The van der Waals surface area contributed by atoms with Crippen molar-refractivity contribution in [3.05, 3.63) is 59.4 Å². The lowest BCUT2D eigenvalue weighted by Gasteiger charge is -2.57. The van der Waals surface area contributed by atoms with Crippen molar-refractivity contribution >= 4 is 12.2 Å². The molecule has 5 rings (SSSR count). The monoisotopic (exact) mass is 493 g/mol. The standard InChI is InChI=1S/C28H35N3O5/c1-19-12-23-22(15-31(19)26(33)36-27(2,3)4)24(10-11-29-23)35-21-13-28(14-21)17-30(18-28)25(32)34-16-20-8-6-5-7-9-20/h5-11,19,21H,12-18H2,1-4H3. The summed E-state index contributed by atoms with van der Waals surface area (Å²) in [4.78, 5) is 33.2. The summed E-state index contributed by atoms with van der Waals surface area (Å²) in [5.41, 5.74) is 2.50. The van der Waals surface area contributed by atoms with Crippen LogP contribution in [0, 0.1) is 5.41 Å². The van der Waals surface area contributed by atoms with Crippen molar-refractivity contribution in [1.82, 2.24) is 14.8 Å². The van der Waals surface area contributed by atoms with Gasteiger partial charge in [0.25, 0.3) is 0 Å². The van der Waals surface area contributed by atoms with E-state index in [4.69, 9.17) is 14.2 Å². The van der Waals surface area contributed by atoms with Crippen LogP contribution in [0.3, 0.4) is 0 Å². The van der Waals surface area contributed by atoms with E-state index in [0.717, 1.165) is 35.4 Å². The number of rotatable bonds is 4. The van der Waals surface area contributed by atoms with E-state index in [1.807, 2.05) is 64.1 Å². The molecule has 3 aliphatic rings. The van der Waals surface area contributed by atoms with Crippen LogP contribution in [-0.2, 0) is 29.0 Å². The maximum absolute atomic E-state index is 12.8. The molecule has 1 saturated carbocycles. The number of hydrogen-bond acceptors (Lipinski definition) is 6. The molecule has 36 heavy (non-hydrogen) atoms. The van der Waals surface area contributed by atoms with Gasteiger partial charge in [-0.05, 0) is 52.2 Å². The topological polar surface area (TPSA) is 81.2 Å². The number of likely N-dealkylation sites (tertiary alicyclic amines) is 1. The van der Waals surface area contributed by atoms with E-state index < -0.39 is 5.60 Å². The molecule has 1 aromatic carbocycles. The second-order valence-electron chi connectivity index (χ2n) is 11.4. The van der Waals surface area contributed by atoms with Gasteiger partial charge in [0.15, 0.2) is 0 Å². The largest absolute Gasteiger partial charge is 0.490 e. The molecule has 8 heteroatoms. The van der Waals surface area contributed by atoms with Crippen LogP contribution in [0.4, 0.5) is 9.59 Å². The third kappa shape index (κ3) is 5.13. The van der Waals surface area contributed by atoms with Crippen molar-refractivity contribution in [2.45, 2.75) is 77.9 Å². The Bertz CT molecular complexity index is 1120. The lowest BCUT2D eigenvalue weighted by Crippen LogP contribution is -2.65. The van der Waals surface area contributed by atoms with E-state index in [2.05, 4.69) is 4.98 Å². The minimum absolute atomic E-state index is 0.00433. The van der Waals surface area contributed by atoms with Gasteiger partial charge < -0.3 is 24.0 Å². The summed E-state index contributed by atoms with van der Waals surface area (Å²) in [5.74, 6) is 0.791. The van der Waals surface area contributed by atoms with Gasteiger partial charge in [-0.2, -0.15) is 0 Å². The van der Waals surface area contributed by atoms with Gasteiger partial charge in [0.2, 0.25) is 0 Å². The maximum Gasteiger partial charge on any atom is 0.410 e. The summed E-state index contributed by atoms with van der Waals surface area (Å²) in [6.45, 7) is 9.78. The molecule has 0 bridgehead atoms. The fraction of sp³-hybridized carbons (Fsp3) is 0.536. The number of carbonyl (C=O) groups excluding carboxylic acids is 2. The van der Waals surface area contributed by atoms with Crippen molar-refractivity contribution < 1.29 is 23.8 Å². The van der Waals surface area contributed by atoms with Crippen molar-refractivity contribution in [2.75, 3.05) is 13.1 Å². The van der Waals surface area contributed by atoms with Gasteiger partial charge in [0.1, 0.15) is 24.1 Å². The molecule has 8 nitrogen and oxygen atoms in total. The highest BCUT2D eigenvalue weighted by molar-refractivity contribution is 5.70. The Labute approximate surface area is 212 Å². The van der Waals surface area contributed by atoms with Crippen LogP contribution in [0.25, 0.3) is 0 Å². The van der Waals surface area contributed by atoms with Gasteiger partial charge in [-0.1, -0.05) is 30.3 Å². The molecule has 192 valence electrons. The van der Waals surface area contributed by atoms with Gasteiger partial charge in [0, 0.05) is 42.7 Å². The van der Waals surface area contributed by atoms with Crippen molar-refractivity contribution in [3.63, 3.8) is 0 Å². The molecule has 2 amide bonds. The summed E-state index contributed by atoms with van der Waals surface area (Å²) < 4.78 is 17.5. The maximum atomic E-state index is 12.8. The summed E-state index contributed by atoms with van der Waals surface area (Å²) in [7, 11) is 0. The third-order valence-corrected chi connectivity index (χ3v) is 7.21. The first kappa shape index (κ1) is 24.4. The SMILES string of the molecule is CC1Cc2nccc(OC3CC4(C3)CN(C(=O)OCc3ccccc3)C4)c2CN1C(=O)OC(C)(C)C. The van der Waals surface area contributed by atoms with Crippen molar-refractivity contribution in [3.8, 4) is 5.75 Å². The quantitative estimate of drug-likeness (QED) is 0.600. The molecule has 1 spiro atoms. The fourth-order valence-corrected chi connectivity index (χ4v) is 5.38. The van der Waals surface area contributed by atoms with Gasteiger partial charge in [-0.25, -0.2) is 9.59 Å². The first-order chi connectivity index (χ1) is 17.1.